The van der Waals surface area contributed by atoms with Crippen molar-refractivity contribution in [3.63, 3.8) is 0 Å². The van der Waals surface area contributed by atoms with Crippen LogP contribution in [-0.4, -0.2) is 0 Å². The van der Waals surface area contributed by atoms with Gasteiger partial charge in [0.25, 0.3) is 0 Å². The second kappa shape index (κ2) is 5.40. The fraction of sp³-hybridized carbons (Fsp3) is 0.818. The Labute approximate surface area is 70.7 Å². The van der Waals surface area contributed by atoms with Gasteiger partial charge in [-0.3, -0.25) is 0 Å². The molecule has 0 aliphatic heterocycles. The van der Waals surface area contributed by atoms with Crippen molar-refractivity contribution in [3.8, 4) is 0 Å². The molecule has 0 aromatic rings. The summed E-state index contributed by atoms with van der Waals surface area (Å²) in [5, 5.41) is 0. The van der Waals surface area contributed by atoms with Crippen LogP contribution < -0.4 is 0 Å². The van der Waals surface area contributed by atoms with Crippen LogP contribution >= 0.6 is 0 Å². The van der Waals surface area contributed by atoms with Crippen molar-refractivity contribution >= 4 is 0 Å². The van der Waals surface area contributed by atoms with Crippen LogP contribution in [0.15, 0.2) is 12.2 Å². The first-order valence-electron chi connectivity index (χ1n) is 5.10. The Balaban J connectivity index is 2.25. The van der Waals surface area contributed by atoms with Crippen molar-refractivity contribution in [1.29, 1.82) is 0 Å². The summed E-state index contributed by atoms with van der Waals surface area (Å²) in [7, 11) is 0. The Morgan fingerprint density at radius 1 is 1.09 bits per heavy atom. The average molecular weight is 152 g/mol. The van der Waals surface area contributed by atoms with E-state index >= 15 is 0 Å². The van der Waals surface area contributed by atoms with Gasteiger partial charge in [0.05, 0.1) is 0 Å². The maximum atomic E-state index is 2.44. The highest BCUT2D eigenvalue weighted by Gasteiger charge is 2.07. The molecule has 11 heavy (non-hydrogen) atoms. The highest BCUT2D eigenvalue weighted by atomic mass is 14.1. The molecule has 1 saturated carbocycles. The maximum Gasteiger partial charge on any atom is -0.0234 e. The lowest BCUT2D eigenvalue weighted by molar-refractivity contribution is 0.558. The summed E-state index contributed by atoms with van der Waals surface area (Å²) < 4.78 is 0. The van der Waals surface area contributed by atoms with Crippen molar-refractivity contribution in [2.75, 3.05) is 0 Å². The summed E-state index contributed by atoms with van der Waals surface area (Å²) in [4.78, 5) is 0. The molecule has 0 aromatic heterocycles. The number of hydrogen-bond donors (Lipinski definition) is 0. The van der Waals surface area contributed by atoms with Gasteiger partial charge in [-0.1, -0.05) is 44.8 Å². The van der Waals surface area contributed by atoms with Crippen LogP contribution in [0.1, 0.15) is 51.9 Å². The van der Waals surface area contributed by atoms with Crippen molar-refractivity contribution in [3.05, 3.63) is 12.2 Å². The fourth-order valence-electron chi connectivity index (χ4n) is 1.83. The minimum Gasteiger partial charge on any atom is -0.0885 e. The number of rotatable bonds is 2. The fourth-order valence-corrected chi connectivity index (χ4v) is 1.83. The van der Waals surface area contributed by atoms with E-state index in [-0.39, 0.29) is 0 Å². The topological polar surface area (TPSA) is 0 Å². The molecule has 0 saturated heterocycles. The van der Waals surface area contributed by atoms with Crippen molar-refractivity contribution in [2.24, 2.45) is 5.92 Å². The predicted octanol–water partition coefficient (Wildman–Crippen LogP) is 3.92. The highest BCUT2D eigenvalue weighted by Crippen LogP contribution is 2.23. The van der Waals surface area contributed by atoms with Gasteiger partial charge in [-0.05, 0) is 25.2 Å². The Hall–Kier alpha value is -0.260. The summed E-state index contributed by atoms with van der Waals surface area (Å²) in [6.45, 7) is 2.22. The molecule has 1 fully saturated rings. The van der Waals surface area contributed by atoms with Crippen molar-refractivity contribution in [2.45, 2.75) is 51.9 Å². The monoisotopic (exact) mass is 152 g/mol. The zero-order chi connectivity index (χ0) is 7.94. The third-order valence-corrected chi connectivity index (χ3v) is 2.54. The lowest BCUT2D eigenvalue weighted by Crippen LogP contribution is -1.92. The molecule has 1 aliphatic carbocycles. The molecule has 0 bridgehead atoms. The third kappa shape index (κ3) is 3.60. The van der Waals surface area contributed by atoms with Crippen LogP contribution in [0.5, 0.6) is 0 Å². The molecule has 0 heterocycles. The van der Waals surface area contributed by atoms with Gasteiger partial charge in [0.1, 0.15) is 0 Å². The van der Waals surface area contributed by atoms with Crippen LogP contribution in [0.2, 0.25) is 0 Å². The third-order valence-electron chi connectivity index (χ3n) is 2.54. The van der Waals surface area contributed by atoms with Gasteiger partial charge in [0.2, 0.25) is 0 Å². The smallest absolute Gasteiger partial charge is 0.0234 e. The lowest BCUT2D eigenvalue weighted by Gasteiger charge is -2.06. The van der Waals surface area contributed by atoms with Crippen molar-refractivity contribution in [1.82, 2.24) is 0 Å². The Morgan fingerprint density at radius 2 is 1.73 bits per heavy atom. The largest absolute Gasteiger partial charge is 0.0885 e. The molecule has 0 N–H and O–H groups in total. The molecular weight excluding hydrogens is 132 g/mol. The molecule has 0 radical (unpaired) electrons. The molecule has 0 heteroatoms. The molecule has 64 valence electrons. The van der Waals surface area contributed by atoms with E-state index in [1.165, 1.54) is 44.9 Å². The van der Waals surface area contributed by atoms with Crippen LogP contribution in [0.3, 0.4) is 0 Å². The van der Waals surface area contributed by atoms with E-state index in [2.05, 4.69) is 19.1 Å². The van der Waals surface area contributed by atoms with E-state index in [1.54, 1.807) is 0 Å². The van der Waals surface area contributed by atoms with Gasteiger partial charge in [0, 0.05) is 0 Å². The zero-order valence-corrected chi connectivity index (χ0v) is 7.68. The summed E-state index contributed by atoms with van der Waals surface area (Å²) in [6, 6.07) is 0. The Kier molecular flexibility index (Phi) is 4.33. The molecule has 0 atom stereocenters. The van der Waals surface area contributed by atoms with Crippen molar-refractivity contribution < 1.29 is 0 Å². The predicted molar refractivity (Wildman–Crippen MR) is 50.6 cm³/mol. The van der Waals surface area contributed by atoms with Gasteiger partial charge in [-0.25, -0.2) is 0 Å². The molecule has 1 rings (SSSR count). The van der Waals surface area contributed by atoms with Gasteiger partial charge in [-0.15, -0.1) is 0 Å². The molecule has 0 nitrogen and oxygen atoms in total. The minimum absolute atomic E-state index is 0.914. The maximum absolute atomic E-state index is 2.44. The SMILES string of the molecule is CC/C=C/C1CCCCCC1. The second-order valence-corrected chi connectivity index (χ2v) is 3.59. The van der Waals surface area contributed by atoms with E-state index in [4.69, 9.17) is 0 Å². The molecule has 0 unspecified atom stereocenters. The van der Waals surface area contributed by atoms with Crippen LogP contribution in [-0.2, 0) is 0 Å². The van der Waals surface area contributed by atoms with Crippen LogP contribution in [0.25, 0.3) is 0 Å². The number of allylic oxidation sites excluding steroid dienone is 2. The zero-order valence-electron chi connectivity index (χ0n) is 7.68. The van der Waals surface area contributed by atoms with Crippen LogP contribution in [0.4, 0.5) is 0 Å². The van der Waals surface area contributed by atoms with E-state index < -0.39 is 0 Å². The second-order valence-electron chi connectivity index (χ2n) is 3.59. The summed E-state index contributed by atoms with van der Waals surface area (Å²) in [5.41, 5.74) is 0. The Morgan fingerprint density at radius 3 is 2.27 bits per heavy atom. The van der Waals surface area contributed by atoms with E-state index in [1.807, 2.05) is 0 Å². The molecule has 0 amide bonds. The highest BCUT2D eigenvalue weighted by molar-refractivity contribution is 4.88. The first-order valence-corrected chi connectivity index (χ1v) is 5.10. The first kappa shape index (κ1) is 8.83. The normalized spacial score (nSPS) is 22.3. The minimum atomic E-state index is 0.914. The quantitative estimate of drug-likeness (QED) is 0.415. The summed E-state index contributed by atoms with van der Waals surface area (Å²) >= 11 is 0. The van der Waals surface area contributed by atoms with E-state index in [9.17, 15) is 0 Å². The van der Waals surface area contributed by atoms with E-state index in [0.717, 1.165) is 5.92 Å². The van der Waals surface area contributed by atoms with Gasteiger partial charge >= 0.3 is 0 Å². The van der Waals surface area contributed by atoms with Gasteiger partial charge in [0.15, 0.2) is 0 Å². The first-order chi connectivity index (χ1) is 5.43. The molecular formula is C11H20. The molecule has 1 aliphatic rings. The molecule has 0 spiro atoms. The number of hydrogen-bond acceptors (Lipinski definition) is 0. The summed E-state index contributed by atoms with van der Waals surface area (Å²) in [6.07, 6.45) is 14.7. The standard InChI is InChI=1S/C11H20/c1-2-3-8-11-9-6-4-5-7-10-11/h3,8,11H,2,4-7,9-10H2,1H3/b8-3+. The molecule has 0 aromatic carbocycles. The van der Waals surface area contributed by atoms with Gasteiger partial charge < -0.3 is 0 Å². The Bertz CT molecular complexity index is 105. The summed E-state index contributed by atoms with van der Waals surface area (Å²) in [5.74, 6) is 0.914. The van der Waals surface area contributed by atoms with E-state index in [0.29, 0.717) is 0 Å². The van der Waals surface area contributed by atoms with Gasteiger partial charge in [-0.2, -0.15) is 0 Å². The lowest BCUT2D eigenvalue weighted by atomic mass is 10.00. The average Bonchev–Trinajstić information content (AvgIpc) is 2.28. The van der Waals surface area contributed by atoms with Crippen LogP contribution in [0, 0.1) is 5.92 Å².